The normalized spacial score (nSPS) is 22.4. The van der Waals surface area contributed by atoms with Gasteiger partial charge in [-0.05, 0) is 31.4 Å². The Morgan fingerprint density at radius 3 is 3.25 bits per heavy atom. The number of rotatable bonds is 5. The third-order valence-electron chi connectivity index (χ3n) is 3.26. The molecule has 2 rings (SSSR count). The van der Waals surface area contributed by atoms with Crippen LogP contribution < -0.4 is 5.32 Å². The van der Waals surface area contributed by atoms with Crippen molar-refractivity contribution in [3.05, 3.63) is 24.2 Å². The van der Waals surface area contributed by atoms with Crippen molar-refractivity contribution in [2.24, 2.45) is 5.92 Å². The van der Waals surface area contributed by atoms with Crippen molar-refractivity contribution in [1.29, 1.82) is 0 Å². The lowest BCUT2D eigenvalue weighted by atomic mass is 10.0. The molecule has 1 unspecified atom stereocenters. The summed E-state index contributed by atoms with van der Waals surface area (Å²) in [4.78, 5) is 2.57. The van der Waals surface area contributed by atoms with Crippen LogP contribution in [0.15, 0.2) is 23.0 Å². The average molecular weight is 222 g/mol. The topological polar surface area (TPSA) is 28.4 Å². The predicted octanol–water partition coefficient (Wildman–Crippen LogP) is 2.10. The quantitative estimate of drug-likeness (QED) is 0.773. The van der Waals surface area contributed by atoms with Gasteiger partial charge in [-0.25, -0.2) is 0 Å². The van der Waals surface area contributed by atoms with Gasteiger partial charge < -0.3 is 14.6 Å². The molecule has 1 fully saturated rings. The first-order valence-electron chi connectivity index (χ1n) is 6.29. The average Bonchev–Trinajstić information content (AvgIpc) is 2.77. The van der Waals surface area contributed by atoms with Crippen LogP contribution in [0.4, 0.5) is 0 Å². The monoisotopic (exact) mass is 222 g/mol. The summed E-state index contributed by atoms with van der Waals surface area (Å²) in [5.74, 6) is 0.877. The molecule has 1 aliphatic heterocycles. The van der Waals surface area contributed by atoms with Crippen LogP contribution in [0.2, 0.25) is 0 Å². The number of hydrogen-bond donors (Lipinski definition) is 1. The Morgan fingerprint density at radius 2 is 2.50 bits per heavy atom. The highest BCUT2D eigenvalue weighted by molar-refractivity contribution is 5.04. The van der Waals surface area contributed by atoms with Gasteiger partial charge >= 0.3 is 0 Å². The van der Waals surface area contributed by atoms with Gasteiger partial charge in [-0.3, -0.25) is 0 Å². The molecule has 0 radical (unpaired) electrons. The molecule has 0 aliphatic carbocycles. The van der Waals surface area contributed by atoms with Crippen molar-refractivity contribution in [2.45, 2.75) is 26.3 Å². The van der Waals surface area contributed by atoms with Crippen molar-refractivity contribution in [3.63, 3.8) is 0 Å². The van der Waals surface area contributed by atoms with Crippen molar-refractivity contribution < 1.29 is 4.42 Å². The highest BCUT2D eigenvalue weighted by atomic mass is 16.3. The van der Waals surface area contributed by atoms with E-state index in [9.17, 15) is 0 Å². The maximum absolute atomic E-state index is 5.03. The second-order valence-electron chi connectivity index (χ2n) is 4.86. The van der Waals surface area contributed by atoms with E-state index >= 15 is 0 Å². The van der Waals surface area contributed by atoms with Gasteiger partial charge in [-0.15, -0.1) is 0 Å². The fraction of sp³-hybridized carbons (Fsp3) is 0.692. The fourth-order valence-electron chi connectivity index (χ4n) is 2.35. The molecule has 0 saturated carbocycles. The smallest absolute Gasteiger partial charge is 0.0947 e. The molecular weight excluding hydrogens is 200 g/mol. The van der Waals surface area contributed by atoms with Crippen LogP contribution in [-0.2, 0) is 6.54 Å². The molecule has 1 N–H and O–H groups in total. The minimum atomic E-state index is 0.877. The highest BCUT2D eigenvalue weighted by Gasteiger charge is 2.15. The standard InChI is InChI=1S/C13H22N2O/c1-12-3-2-6-15(10-12)7-5-14-9-13-4-8-16-11-13/h4,8,11-12,14H,2-3,5-7,9-10H2,1H3. The molecule has 16 heavy (non-hydrogen) atoms. The van der Waals surface area contributed by atoms with Crippen molar-refractivity contribution >= 4 is 0 Å². The fourth-order valence-corrected chi connectivity index (χ4v) is 2.35. The van der Waals surface area contributed by atoms with Crippen LogP contribution in [0.3, 0.4) is 0 Å². The minimum Gasteiger partial charge on any atom is -0.472 e. The zero-order chi connectivity index (χ0) is 11.2. The molecule has 0 amide bonds. The summed E-state index contributed by atoms with van der Waals surface area (Å²) in [5, 5.41) is 3.45. The van der Waals surface area contributed by atoms with E-state index in [4.69, 9.17) is 4.42 Å². The third kappa shape index (κ3) is 3.65. The Labute approximate surface area is 97.8 Å². The lowest BCUT2D eigenvalue weighted by molar-refractivity contribution is 0.184. The molecule has 3 nitrogen and oxygen atoms in total. The largest absolute Gasteiger partial charge is 0.472 e. The molecular formula is C13H22N2O. The lowest BCUT2D eigenvalue weighted by Gasteiger charge is -2.30. The summed E-state index contributed by atoms with van der Waals surface area (Å²) in [6.07, 6.45) is 6.29. The van der Waals surface area contributed by atoms with Crippen molar-refractivity contribution in [3.8, 4) is 0 Å². The SMILES string of the molecule is CC1CCCN(CCNCc2ccoc2)C1. The van der Waals surface area contributed by atoms with Crippen LogP contribution in [0.1, 0.15) is 25.3 Å². The van der Waals surface area contributed by atoms with E-state index in [0.717, 1.165) is 19.0 Å². The van der Waals surface area contributed by atoms with E-state index in [0.29, 0.717) is 0 Å². The van der Waals surface area contributed by atoms with Gasteiger partial charge in [0.25, 0.3) is 0 Å². The molecule has 1 aliphatic rings. The third-order valence-corrected chi connectivity index (χ3v) is 3.26. The molecule has 2 heterocycles. The summed E-state index contributed by atoms with van der Waals surface area (Å²) in [5.41, 5.74) is 1.23. The molecule has 1 aromatic rings. The van der Waals surface area contributed by atoms with Crippen LogP contribution in [0, 0.1) is 5.92 Å². The maximum Gasteiger partial charge on any atom is 0.0947 e. The second kappa shape index (κ2) is 6.06. The minimum absolute atomic E-state index is 0.877. The zero-order valence-corrected chi connectivity index (χ0v) is 10.1. The molecule has 1 aromatic heterocycles. The molecule has 1 saturated heterocycles. The maximum atomic E-state index is 5.03. The van der Waals surface area contributed by atoms with Gasteiger partial charge in [0, 0.05) is 31.7 Å². The molecule has 3 heteroatoms. The number of hydrogen-bond acceptors (Lipinski definition) is 3. The van der Waals surface area contributed by atoms with Crippen LogP contribution >= 0.6 is 0 Å². The zero-order valence-electron chi connectivity index (χ0n) is 10.1. The van der Waals surface area contributed by atoms with Gasteiger partial charge in [-0.2, -0.15) is 0 Å². The van der Waals surface area contributed by atoms with E-state index in [1.54, 1.807) is 12.5 Å². The van der Waals surface area contributed by atoms with Gasteiger partial charge in [0.05, 0.1) is 12.5 Å². The van der Waals surface area contributed by atoms with Gasteiger partial charge in [0.15, 0.2) is 0 Å². The van der Waals surface area contributed by atoms with E-state index in [1.807, 2.05) is 6.07 Å². The molecule has 0 spiro atoms. The molecule has 90 valence electrons. The van der Waals surface area contributed by atoms with E-state index in [1.165, 1.54) is 38.0 Å². The first-order chi connectivity index (χ1) is 7.84. The Kier molecular flexibility index (Phi) is 4.43. The first kappa shape index (κ1) is 11.7. The summed E-state index contributed by atoms with van der Waals surface area (Å²) in [6, 6.07) is 2.01. The first-order valence-corrected chi connectivity index (χ1v) is 6.29. The lowest BCUT2D eigenvalue weighted by Crippen LogP contribution is -2.38. The molecule has 0 aromatic carbocycles. The number of likely N-dealkylation sites (tertiary alicyclic amines) is 1. The number of nitrogens with zero attached hydrogens (tertiary/aromatic N) is 1. The van der Waals surface area contributed by atoms with E-state index in [2.05, 4.69) is 17.1 Å². The summed E-state index contributed by atoms with van der Waals surface area (Å²) < 4.78 is 5.03. The number of piperidine rings is 1. The second-order valence-corrected chi connectivity index (χ2v) is 4.86. The molecule has 0 bridgehead atoms. The Bertz CT molecular complexity index is 284. The van der Waals surface area contributed by atoms with Crippen molar-refractivity contribution in [2.75, 3.05) is 26.2 Å². The number of nitrogens with one attached hydrogen (secondary N) is 1. The van der Waals surface area contributed by atoms with E-state index in [-0.39, 0.29) is 0 Å². The van der Waals surface area contributed by atoms with E-state index < -0.39 is 0 Å². The summed E-state index contributed by atoms with van der Waals surface area (Å²) >= 11 is 0. The van der Waals surface area contributed by atoms with Gasteiger partial charge in [0.2, 0.25) is 0 Å². The predicted molar refractivity (Wildman–Crippen MR) is 65.3 cm³/mol. The number of furan rings is 1. The summed E-state index contributed by atoms with van der Waals surface area (Å²) in [7, 11) is 0. The van der Waals surface area contributed by atoms with Crippen LogP contribution in [-0.4, -0.2) is 31.1 Å². The Hall–Kier alpha value is -0.800. The van der Waals surface area contributed by atoms with Gasteiger partial charge in [0.1, 0.15) is 0 Å². The Balaban J connectivity index is 1.57. The van der Waals surface area contributed by atoms with Crippen LogP contribution in [0.5, 0.6) is 0 Å². The summed E-state index contributed by atoms with van der Waals surface area (Å²) in [6.45, 7) is 8.05. The highest BCUT2D eigenvalue weighted by Crippen LogP contribution is 2.14. The van der Waals surface area contributed by atoms with Crippen LogP contribution in [0.25, 0.3) is 0 Å². The van der Waals surface area contributed by atoms with Gasteiger partial charge in [-0.1, -0.05) is 6.92 Å². The molecule has 1 atom stereocenters. The Morgan fingerprint density at radius 1 is 1.56 bits per heavy atom. The van der Waals surface area contributed by atoms with Crippen molar-refractivity contribution in [1.82, 2.24) is 10.2 Å².